The SMILES string of the molecule is O=C/C=C1\Cc2ccccc2N1CC(=O)O. The number of anilines is 1. The van der Waals surface area contributed by atoms with Gasteiger partial charge < -0.3 is 10.0 Å². The van der Waals surface area contributed by atoms with E-state index in [4.69, 9.17) is 5.11 Å². The molecule has 2 rings (SSSR count). The molecule has 0 atom stereocenters. The molecule has 0 aliphatic carbocycles. The average molecular weight is 217 g/mol. The van der Waals surface area contributed by atoms with Crippen molar-refractivity contribution in [2.24, 2.45) is 0 Å². The van der Waals surface area contributed by atoms with Gasteiger partial charge in [0.25, 0.3) is 0 Å². The van der Waals surface area contributed by atoms with Crippen LogP contribution in [0.1, 0.15) is 5.56 Å². The highest BCUT2D eigenvalue weighted by atomic mass is 16.4. The summed E-state index contributed by atoms with van der Waals surface area (Å²) >= 11 is 0. The number of fused-ring (bicyclic) bond motifs is 1. The van der Waals surface area contributed by atoms with Gasteiger partial charge in [0.2, 0.25) is 0 Å². The van der Waals surface area contributed by atoms with Crippen LogP contribution in [-0.2, 0) is 16.0 Å². The van der Waals surface area contributed by atoms with Crippen LogP contribution in [0.5, 0.6) is 0 Å². The maximum absolute atomic E-state index is 10.8. The normalized spacial score (nSPS) is 16.2. The molecule has 1 aromatic carbocycles. The molecule has 0 saturated carbocycles. The van der Waals surface area contributed by atoms with Crippen LogP contribution in [0.15, 0.2) is 36.0 Å². The van der Waals surface area contributed by atoms with Crippen molar-refractivity contribution < 1.29 is 14.7 Å². The van der Waals surface area contributed by atoms with E-state index in [1.165, 1.54) is 6.08 Å². The third-order valence-corrected chi connectivity index (χ3v) is 2.55. The van der Waals surface area contributed by atoms with E-state index in [2.05, 4.69) is 0 Å². The van der Waals surface area contributed by atoms with Crippen LogP contribution >= 0.6 is 0 Å². The summed E-state index contributed by atoms with van der Waals surface area (Å²) in [5.41, 5.74) is 2.66. The van der Waals surface area contributed by atoms with Crippen molar-refractivity contribution in [2.75, 3.05) is 11.4 Å². The lowest BCUT2D eigenvalue weighted by atomic mass is 10.1. The standard InChI is InChI=1S/C12H11NO3/c14-6-5-10-7-9-3-1-2-4-11(9)13(10)8-12(15)16/h1-6H,7-8H2,(H,15,16)/b10-5+. The number of rotatable bonds is 3. The van der Waals surface area contributed by atoms with Gasteiger partial charge in [-0.05, 0) is 17.7 Å². The van der Waals surface area contributed by atoms with Crippen molar-refractivity contribution in [2.45, 2.75) is 6.42 Å². The van der Waals surface area contributed by atoms with Gasteiger partial charge in [0.15, 0.2) is 0 Å². The quantitative estimate of drug-likeness (QED) is 0.611. The molecule has 1 aliphatic heterocycles. The Kier molecular flexibility index (Phi) is 2.72. The van der Waals surface area contributed by atoms with Gasteiger partial charge in [-0.15, -0.1) is 0 Å². The molecule has 1 N–H and O–H groups in total. The van der Waals surface area contributed by atoms with Crippen LogP contribution in [0.3, 0.4) is 0 Å². The van der Waals surface area contributed by atoms with Crippen molar-refractivity contribution in [1.29, 1.82) is 0 Å². The van der Waals surface area contributed by atoms with Gasteiger partial charge in [-0.1, -0.05) is 18.2 Å². The van der Waals surface area contributed by atoms with Crippen molar-refractivity contribution in [1.82, 2.24) is 0 Å². The topological polar surface area (TPSA) is 57.6 Å². The highest BCUT2D eigenvalue weighted by molar-refractivity contribution is 5.80. The maximum atomic E-state index is 10.8. The molecular weight excluding hydrogens is 206 g/mol. The molecule has 82 valence electrons. The van der Waals surface area contributed by atoms with E-state index in [1.54, 1.807) is 4.90 Å². The molecule has 16 heavy (non-hydrogen) atoms. The van der Waals surface area contributed by atoms with Gasteiger partial charge in [-0.2, -0.15) is 0 Å². The number of nitrogens with zero attached hydrogens (tertiary/aromatic N) is 1. The zero-order valence-electron chi connectivity index (χ0n) is 8.59. The monoisotopic (exact) mass is 217 g/mol. The number of allylic oxidation sites excluding steroid dienone is 2. The molecule has 0 aromatic heterocycles. The minimum absolute atomic E-state index is 0.114. The number of hydrogen-bond donors (Lipinski definition) is 1. The molecule has 1 heterocycles. The Hall–Kier alpha value is -2.10. The Morgan fingerprint density at radius 1 is 1.44 bits per heavy atom. The third-order valence-electron chi connectivity index (χ3n) is 2.55. The van der Waals surface area contributed by atoms with Crippen molar-refractivity contribution >= 4 is 17.9 Å². The highest BCUT2D eigenvalue weighted by Gasteiger charge is 2.24. The number of carbonyl (C=O) groups excluding carboxylic acids is 1. The lowest BCUT2D eigenvalue weighted by Crippen LogP contribution is -2.26. The number of benzene rings is 1. The summed E-state index contributed by atoms with van der Waals surface area (Å²) in [5.74, 6) is -0.909. The van der Waals surface area contributed by atoms with Gasteiger partial charge >= 0.3 is 5.97 Å². The fourth-order valence-electron chi connectivity index (χ4n) is 1.92. The molecule has 0 radical (unpaired) electrons. The van der Waals surface area contributed by atoms with Gasteiger partial charge in [-0.3, -0.25) is 9.59 Å². The van der Waals surface area contributed by atoms with E-state index < -0.39 is 5.97 Å². The summed E-state index contributed by atoms with van der Waals surface area (Å²) in [4.78, 5) is 22.9. The lowest BCUT2D eigenvalue weighted by Gasteiger charge is -2.18. The molecule has 0 amide bonds. The molecule has 0 saturated heterocycles. The van der Waals surface area contributed by atoms with Crippen LogP contribution in [0, 0.1) is 0 Å². The molecule has 4 heteroatoms. The Morgan fingerprint density at radius 3 is 2.88 bits per heavy atom. The predicted octanol–water partition coefficient (Wildman–Crippen LogP) is 1.22. The van der Waals surface area contributed by atoms with Crippen LogP contribution in [0.2, 0.25) is 0 Å². The Morgan fingerprint density at radius 2 is 2.19 bits per heavy atom. The summed E-state index contributed by atoms with van der Waals surface area (Å²) in [6.45, 7) is -0.114. The molecule has 0 bridgehead atoms. The summed E-state index contributed by atoms with van der Waals surface area (Å²) < 4.78 is 0. The summed E-state index contributed by atoms with van der Waals surface area (Å²) in [6, 6.07) is 7.57. The fraction of sp³-hybridized carbons (Fsp3) is 0.167. The van der Waals surface area contributed by atoms with Crippen LogP contribution < -0.4 is 4.90 Å². The molecule has 0 unspecified atom stereocenters. The van der Waals surface area contributed by atoms with E-state index in [1.807, 2.05) is 24.3 Å². The number of carbonyl (C=O) groups is 2. The Bertz CT molecular complexity index is 465. The largest absolute Gasteiger partial charge is 0.480 e. The van der Waals surface area contributed by atoms with Gasteiger partial charge in [-0.25, -0.2) is 0 Å². The minimum atomic E-state index is -0.909. The molecule has 0 fully saturated rings. The Balaban J connectivity index is 2.39. The van der Waals surface area contributed by atoms with Crippen LogP contribution in [-0.4, -0.2) is 23.9 Å². The van der Waals surface area contributed by atoms with Crippen molar-refractivity contribution in [3.63, 3.8) is 0 Å². The van der Waals surface area contributed by atoms with Gasteiger partial charge in [0.1, 0.15) is 12.8 Å². The molecule has 1 aliphatic rings. The zero-order chi connectivity index (χ0) is 11.5. The first kappa shape index (κ1) is 10.4. The second kappa shape index (κ2) is 4.18. The van der Waals surface area contributed by atoms with E-state index in [0.29, 0.717) is 12.7 Å². The third kappa shape index (κ3) is 1.82. The summed E-state index contributed by atoms with van der Waals surface area (Å²) in [5, 5.41) is 8.83. The minimum Gasteiger partial charge on any atom is -0.480 e. The van der Waals surface area contributed by atoms with Gasteiger partial charge in [0.05, 0.1) is 0 Å². The molecular formula is C12H11NO3. The number of aldehydes is 1. The van der Waals surface area contributed by atoms with E-state index in [9.17, 15) is 9.59 Å². The molecule has 0 spiro atoms. The average Bonchev–Trinajstić information content (AvgIpc) is 2.57. The van der Waals surface area contributed by atoms with Crippen LogP contribution in [0.25, 0.3) is 0 Å². The smallest absolute Gasteiger partial charge is 0.323 e. The maximum Gasteiger partial charge on any atom is 0.323 e. The second-order valence-corrected chi connectivity index (χ2v) is 3.58. The lowest BCUT2D eigenvalue weighted by molar-refractivity contribution is -0.135. The number of carboxylic acids is 1. The first-order valence-corrected chi connectivity index (χ1v) is 4.94. The predicted molar refractivity (Wildman–Crippen MR) is 59.3 cm³/mol. The van der Waals surface area contributed by atoms with E-state index >= 15 is 0 Å². The van der Waals surface area contributed by atoms with Crippen LogP contribution in [0.4, 0.5) is 5.69 Å². The number of hydrogen-bond acceptors (Lipinski definition) is 3. The molecule has 1 aromatic rings. The van der Waals surface area contributed by atoms with Crippen molar-refractivity contribution in [3.8, 4) is 0 Å². The summed E-state index contributed by atoms with van der Waals surface area (Å²) in [7, 11) is 0. The number of para-hydroxylation sites is 1. The zero-order valence-corrected chi connectivity index (χ0v) is 8.59. The first-order valence-electron chi connectivity index (χ1n) is 4.94. The van der Waals surface area contributed by atoms with Crippen molar-refractivity contribution in [3.05, 3.63) is 41.6 Å². The number of carboxylic acid groups (broad SMARTS) is 1. The van der Waals surface area contributed by atoms with E-state index in [-0.39, 0.29) is 6.54 Å². The first-order chi connectivity index (χ1) is 7.72. The fourth-order valence-corrected chi connectivity index (χ4v) is 1.92. The second-order valence-electron chi connectivity index (χ2n) is 3.58. The van der Waals surface area contributed by atoms with Gasteiger partial charge in [0, 0.05) is 17.8 Å². The number of aliphatic carboxylic acids is 1. The summed E-state index contributed by atoms with van der Waals surface area (Å²) in [6.07, 6.45) is 2.72. The van der Waals surface area contributed by atoms with E-state index in [0.717, 1.165) is 16.9 Å². The Labute approximate surface area is 92.8 Å². The highest BCUT2D eigenvalue weighted by Crippen LogP contribution is 2.33. The molecule has 4 nitrogen and oxygen atoms in total.